The largest absolute Gasteiger partial charge is 0.349 e. The minimum atomic E-state index is 0.0595. The van der Waals surface area contributed by atoms with Crippen molar-refractivity contribution >= 4 is 5.91 Å². The molecule has 0 atom stereocenters. The van der Waals surface area contributed by atoms with Crippen molar-refractivity contribution in [2.75, 3.05) is 13.1 Å². The van der Waals surface area contributed by atoms with Gasteiger partial charge in [0.05, 0.1) is 11.4 Å². The Hall–Kier alpha value is -2.82. The first-order chi connectivity index (χ1) is 11.7. The third-order valence-electron chi connectivity index (χ3n) is 4.53. The number of benzene rings is 1. The first-order valence-corrected chi connectivity index (χ1v) is 8.30. The van der Waals surface area contributed by atoms with Crippen LogP contribution in [-0.4, -0.2) is 38.2 Å². The van der Waals surface area contributed by atoms with E-state index in [2.05, 4.69) is 0 Å². The molecule has 5 nitrogen and oxygen atoms in total. The van der Waals surface area contributed by atoms with Crippen molar-refractivity contribution in [3.05, 3.63) is 60.4 Å². The molecule has 0 saturated carbocycles. The number of hydrogen-bond acceptors (Lipinski definition) is 2. The zero-order valence-electron chi connectivity index (χ0n) is 13.7. The van der Waals surface area contributed by atoms with Gasteiger partial charge in [-0.2, -0.15) is 5.10 Å². The Morgan fingerprint density at radius 1 is 1.04 bits per heavy atom. The van der Waals surface area contributed by atoms with Crippen LogP contribution in [0.5, 0.6) is 0 Å². The number of carbonyl (C=O) groups excluding carboxylic acids is 1. The summed E-state index contributed by atoms with van der Waals surface area (Å²) in [6.07, 6.45) is 4.14. The summed E-state index contributed by atoms with van der Waals surface area (Å²) in [5.74, 6) is 0.0595. The van der Waals surface area contributed by atoms with E-state index in [9.17, 15) is 4.79 Å². The van der Waals surface area contributed by atoms with Crippen LogP contribution in [0.15, 0.2) is 54.7 Å². The summed E-state index contributed by atoms with van der Waals surface area (Å²) >= 11 is 0. The van der Waals surface area contributed by atoms with Crippen LogP contribution < -0.4 is 0 Å². The van der Waals surface area contributed by atoms with Gasteiger partial charge in [-0.05, 0) is 43.2 Å². The molecule has 0 spiro atoms. The van der Waals surface area contributed by atoms with Crippen molar-refractivity contribution < 1.29 is 4.79 Å². The minimum absolute atomic E-state index is 0.0595. The summed E-state index contributed by atoms with van der Waals surface area (Å²) in [5, 5.41) is 4.72. The number of aryl methyl sites for hydroxylation is 1. The highest BCUT2D eigenvalue weighted by Crippen LogP contribution is 2.24. The summed E-state index contributed by atoms with van der Waals surface area (Å²) < 4.78 is 3.78. The molecule has 1 saturated heterocycles. The fourth-order valence-electron chi connectivity index (χ4n) is 3.23. The number of rotatable bonds is 3. The van der Waals surface area contributed by atoms with Crippen LogP contribution in [0.4, 0.5) is 0 Å². The lowest BCUT2D eigenvalue weighted by molar-refractivity contribution is 0.0784. The quantitative estimate of drug-likeness (QED) is 0.744. The smallest absolute Gasteiger partial charge is 0.272 e. The zero-order valence-corrected chi connectivity index (χ0v) is 13.7. The van der Waals surface area contributed by atoms with Crippen LogP contribution in [0.1, 0.15) is 23.3 Å². The molecular formula is C19H20N4O. The normalized spacial score (nSPS) is 14.3. The highest BCUT2D eigenvalue weighted by Gasteiger charge is 2.25. The number of carbonyl (C=O) groups is 1. The van der Waals surface area contributed by atoms with E-state index in [0.717, 1.165) is 43.0 Å². The predicted molar refractivity (Wildman–Crippen MR) is 93.1 cm³/mol. The van der Waals surface area contributed by atoms with Crippen molar-refractivity contribution in [2.45, 2.75) is 12.8 Å². The van der Waals surface area contributed by atoms with Gasteiger partial charge in [-0.25, -0.2) is 4.68 Å². The molecule has 1 aliphatic rings. The van der Waals surface area contributed by atoms with Crippen molar-refractivity contribution in [3.8, 4) is 17.1 Å². The van der Waals surface area contributed by atoms with Gasteiger partial charge < -0.3 is 9.47 Å². The van der Waals surface area contributed by atoms with E-state index in [4.69, 9.17) is 5.10 Å². The van der Waals surface area contributed by atoms with Gasteiger partial charge in [-0.1, -0.05) is 18.2 Å². The summed E-state index contributed by atoms with van der Waals surface area (Å²) in [6, 6.07) is 15.7. The standard InChI is InChI=1S/C19H20N4O/c1-21-11-7-10-17(21)16-14-18(19(24)22-12-5-6-13-22)23(20-16)15-8-3-2-4-9-15/h2-4,7-11,14H,5-6,12-13H2,1H3. The van der Waals surface area contributed by atoms with E-state index in [1.54, 1.807) is 4.68 Å². The second kappa shape index (κ2) is 6.00. The van der Waals surface area contributed by atoms with Crippen LogP contribution in [0.25, 0.3) is 17.1 Å². The molecule has 2 aromatic heterocycles. The Morgan fingerprint density at radius 2 is 1.79 bits per heavy atom. The Balaban J connectivity index is 1.82. The summed E-state index contributed by atoms with van der Waals surface area (Å²) in [6.45, 7) is 1.66. The molecule has 0 radical (unpaired) electrons. The maximum atomic E-state index is 13.0. The SMILES string of the molecule is Cn1cccc1-c1cc(C(=O)N2CCCC2)n(-c2ccccc2)n1. The second-order valence-electron chi connectivity index (χ2n) is 6.17. The molecule has 5 heteroatoms. The molecule has 0 unspecified atom stereocenters. The van der Waals surface area contributed by atoms with Gasteiger partial charge in [0, 0.05) is 26.3 Å². The summed E-state index contributed by atoms with van der Waals surface area (Å²) in [4.78, 5) is 14.9. The lowest BCUT2D eigenvalue weighted by Crippen LogP contribution is -2.29. The van der Waals surface area contributed by atoms with E-state index >= 15 is 0 Å². The van der Waals surface area contributed by atoms with E-state index in [1.165, 1.54) is 0 Å². The average molecular weight is 320 g/mol. The second-order valence-corrected chi connectivity index (χ2v) is 6.17. The van der Waals surface area contributed by atoms with Crippen LogP contribution in [-0.2, 0) is 7.05 Å². The number of para-hydroxylation sites is 1. The first kappa shape index (κ1) is 14.8. The van der Waals surface area contributed by atoms with E-state index in [0.29, 0.717) is 5.69 Å². The average Bonchev–Trinajstić information content (AvgIpc) is 3.35. The molecule has 0 aliphatic carbocycles. The van der Waals surface area contributed by atoms with Crippen molar-refractivity contribution in [1.29, 1.82) is 0 Å². The molecule has 1 fully saturated rings. The van der Waals surface area contributed by atoms with Gasteiger partial charge >= 0.3 is 0 Å². The number of likely N-dealkylation sites (tertiary alicyclic amines) is 1. The molecule has 3 aromatic rings. The van der Waals surface area contributed by atoms with Crippen molar-refractivity contribution in [3.63, 3.8) is 0 Å². The van der Waals surface area contributed by atoms with Gasteiger partial charge in [0.1, 0.15) is 11.4 Å². The molecule has 1 amide bonds. The van der Waals surface area contributed by atoms with Crippen LogP contribution in [0.2, 0.25) is 0 Å². The highest BCUT2D eigenvalue weighted by atomic mass is 16.2. The number of amides is 1. The van der Waals surface area contributed by atoms with Crippen LogP contribution >= 0.6 is 0 Å². The first-order valence-electron chi connectivity index (χ1n) is 8.30. The molecule has 24 heavy (non-hydrogen) atoms. The maximum Gasteiger partial charge on any atom is 0.272 e. The maximum absolute atomic E-state index is 13.0. The monoisotopic (exact) mass is 320 g/mol. The third-order valence-corrected chi connectivity index (χ3v) is 4.53. The van der Waals surface area contributed by atoms with Crippen LogP contribution in [0.3, 0.4) is 0 Å². The highest BCUT2D eigenvalue weighted by molar-refractivity contribution is 5.94. The molecule has 3 heterocycles. The summed E-state index contributed by atoms with van der Waals surface area (Å²) in [5.41, 5.74) is 3.34. The van der Waals surface area contributed by atoms with Gasteiger partial charge in [0.15, 0.2) is 0 Å². The van der Waals surface area contributed by atoms with E-state index in [1.807, 2.05) is 71.2 Å². The van der Waals surface area contributed by atoms with Crippen molar-refractivity contribution in [1.82, 2.24) is 19.2 Å². The van der Waals surface area contributed by atoms with Gasteiger partial charge in [0.25, 0.3) is 5.91 Å². The Morgan fingerprint density at radius 3 is 2.46 bits per heavy atom. The van der Waals surface area contributed by atoms with E-state index in [-0.39, 0.29) is 5.91 Å². The molecule has 122 valence electrons. The minimum Gasteiger partial charge on any atom is -0.349 e. The number of hydrogen-bond donors (Lipinski definition) is 0. The number of nitrogens with zero attached hydrogens (tertiary/aromatic N) is 4. The Bertz CT molecular complexity index is 857. The van der Waals surface area contributed by atoms with Gasteiger partial charge in [0.2, 0.25) is 0 Å². The topological polar surface area (TPSA) is 43.1 Å². The fourth-order valence-corrected chi connectivity index (χ4v) is 3.23. The lowest BCUT2D eigenvalue weighted by Gasteiger charge is -2.15. The van der Waals surface area contributed by atoms with Crippen LogP contribution in [0, 0.1) is 0 Å². The molecule has 0 bridgehead atoms. The molecule has 1 aliphatic heterocycles. The van der Waals surface area contributed by atoms with Crippen molar-refractivity contribution in [2.24, 2.45) is 7.05 Å². The van der Waals surface area contributed by atoms with E-state index < -0.39 is 0 Å². The summed E-state index contributed by atoms with van der Waals surface area (Å²) in [7, 11) is 1.98. The fraction of sp³-hybridized carbons (Fsp3) is 0.263. The Kier molecular flexibility index (Phi) is 3.69. The van der Waals surface area contributed by atoms with Gasteiger partial charge in [-0.3, -0.25) is 4.79 Å². The number of aromatic nitrogens is 3. The molecule has 0 N–H and O–H groups in total. The molecule has 4 rings (SSSR count). The Labute approximate surface area is 141 Å². The zero-order chi connectivity index (χ0) is 16.5. The van der Waals surface area contributed by atoms with Gasteiger partial charge in [-0.15, -0.1) is 0 Å². The molecule has 1 aromatic carbocycles. The molecular weight excluding hydrogens is 300 g/mol. The third kappa shape index (κ3) is 2.52. The predicted octanol–water partition coefficient (Wildman–Crippen LogP) is 3.11. The lowest BCUT2D eigenvalue weighted by atomic mass is 10.2.